The summed E-state index contributed by atoms with van der Waals surface area (Å²) in [5, 5.41) is 11.3. The Labute approximate surface area is 265 Å². The minimum atomic E-state index is -0.436. The van der Waals surface area contributed by atoms with Crippen LogP contribution in [0.5, 0.6) is 11.8 Å². The molecule has 3 amide bonds. The molecule has 12 heteroatoms. The highest BCUT2D eigenvalue weighted by Gasteiger charge is 2.24. The third-order valence-corrected chi connectivity index (χ3v) is 8.32. The molecule has 0 aliphatic carbocycles. The third-order valence-electron chi connectivity index (χ3n) is 7.25. The van der Waals surface area contributed by atoms with E-state index in [1.165, 1.54) is 23.7 Å². The molecule has 0 unspecified atom stereocenters. The predicted octanol–water partition coefficient (Wildman–Crippen LogP) is 7.11. The molecule has 2 aromatic carbocycles. The van der Waals surface area contributed by atoms with E-state index >= 15 is 0 Å². The summed E-state index contributed by atoms with van der Waals surface area (Å²) >= 11 is 1.49. The zero-order valence-electron chi connectivity index (χ0n) is 25.4. The fourth-order valence-corrected chi connectivity index (χ4v) is 6.08. The van der Waals surface area contributed by atoms with Crippen molar-refractivity contribution in [1.29, 1.82) is 0 Å². The van der Waals surface area contributed by atoms with Crippen molar-refractivity contribution in [3.8, 4) is 27.9 Å². The van der Waals surface area contributed by atoms with E-state index < -0.39 is 6.03 Å². The number of aryl methyl sites for hydroxylation is 1. The Kier molecular flexibility index (Phi) is 8.83. The summed E-state index contributed by atoms with van der Waals surface area (Å²) in [5.74, 6) is 1.69. The second-order valence-corrected chi connectivity index (χ2v) is 12.1. The second-order valence-electron chi connectivity index (χ2n) is 11.1. The van der Waals surface area contributed by atoms with Crippen molar-refractivity contribution in [1.82, 2.24) is 24.7 Å². The number of hydrogen-bond acceptors (Lipinski definition) is 8. The van der Waals surface area contributed by atoms with Gasteiger partial charge in [-0.15, -0.1) is 0 Å². The Morgan fingerprint density at radius 3 is 2.51 bits per heavy atom. The number of rotatable bonds is 10. The van der Waals surface area contributed by atoms with Crippen LogP contribution in [0.1, 0.15) is 44.9 Å². The van der Waals surface area contributed by atoms with E-state index in [0.29, 0.717) is 29.6 Å². The van der Waals surface area contributed by atoms with E-state index in [1.54, 1.807) is 15.8 Å². The molecule has 11 nitrogen and oxygen atoms in total. The van der Waals surface area contributed by atoms with Gasteiger partial charge in [-0.1, -0.05) is 50.3 Å². The van der Waals surface area contributed by atoms with Gasteiger partial charge in [0.1, 0.15) is 11.6 Å². The molecule has 3 aromatic heterocycles. The smallest absolute Gasteiger partial charge is 0.324 e. The highest BCUT2D eigenvalue weighted by atomic mass is 32.1. The van der Waals surface area contributed by atoms with Crippen LogP contribution >= 0.6 is 11.3 Å². The number of benzene rings is 2. The Bertz CT molecular complexity index is 1800. The van der Waals surface area contributed by atoms with Crippen molar-refractivity contribution < 1.29 is 14.3 Å². The predicted molar refractivity (Wildman–Crippen MR) is 175 cm³/mol. The van der Waals surface area contributed by atoms with Gasteiger partial charge in [0, 0.05) is 25.2 Å². The molecule has 1 fully saturated rings. The number of nitrogens with zero attached hydrogens (tertiary/aromatic N) is 6. The summed E-state index contributed by atoms with van der Waals surface area (Å²) in [5.41, 5.74) is 4.35. The van der Waals surface area contributed by atoms with Crippen LogP contribution in [-0.2, 0) is 17.6 Å². The Hall–Kier alpha value is -5.10. The highest BCUT2D eigenvalue weighted by Crippen LogP contribution is 2.34. The SMILES string of the molecule is CCc1ccccc1-n1nc(CC(C)C)cc1NC(=O)Nc1cnc(Oc2ccc(-c3cnc(N4CCCC4=O)s3)cc2)nc1. The molecule has 230 valence electrons. The summed E-state index contributed by atoms with van der Waals surface area (Å²) < 4.78 is 7.61. The molecule has 0 radical (unpaired) electrons. The number of aromatic nitrogens is 5. The average Bonchev–Trinajstić information content (AvgIpc) is 3.78. The van der Waals surface area contributed by atoms with Crippen LogP contribution in [0.15, 0.2) is 73.2 Å². The van der Waals surface area contributed by atoms with Gasteiger partial charge in [0.25, 0.3) is 0 Å². The van der Waals surface area contributed by atoms with Crippen LogP contribution in [-0.4, -0.2) is 43.2 Å². The quantitative estimate of drug-likeness (QED) is 0.170. The van der Waals surface area contributed by atoms with Crippen LogP contribution in [0, 0.1) is 5.92 Å². The summed E-state index contributed by atoms with van der Waals surface area (Å²) in [7, 11) is 0. The molecule has 0 saturated carbocycles. The number of amides is 3. The van der Waals surface area contributed by atoms with Gasteiger partial charge in [0.05, 0.1) is 34.3 Å². The fourth-order valence-electron chi connectivity index (χ4n) is 5.12. The lowest BCUT2D eigenvalue weighted by Crippen LogP contribution is -2.23. The van der Waals surface area contributed by atoms with Gasteiger partial charge >= 0.3 is 12.0 Å². The molecule has 0 spiro atoms. The molecular weight excluding hydrogens is 588 g/mol. The number of thiazole rings is 1. The number of urea groups is 1. The van der Waals surface area contributed by atoms with E-state index in [-0.39, 0.29) is 11.9 Å². The standard InChI is InChI=1S/C33H34N8O3S/c1-4-22-8-5-6-9-27(22)41-29(17-24(39-41)16-21(2)3)38-31(43)37-25-18-34-32(35-19-25)44-26-13-11-23(12-14-26)28-20-36-33(45-28)40-15-7-10-30(40)42/h5-6,8-9,11-14,17-21H,4,7,10,15-16H2,1-3H3,(H2,37,38,43). The molecule has 4 heterocycles. The molecule has 2 N–H and O–H groups in total. The summed E-state index contributed by atoms with van der Waals surface area (Å²) in [6.07, 6.45) is 7.84. The topological polar surface area (TPSA) is 127 Å². The lowest BCUT2D eigenvalue weighted by molar-refractivity contribution is -0.117. The molecule has 45 heavy (non-hydrogen) atoms. The summed E-state index contributed by atoms with van der Waals surface area (Å²) in [6, 6.07) is 17.2. The lowest BCUT2D eigenvalue weighted by atomic mass is 10.1. The maximum atomic E-state index is 13.0. The average molecular weight is 623 g/mol. The maximum absolute atomic E-state index is 13.0. The summed E-state index contributed by atoms with van der Waals surface area (Å²) in [6.45, 7) is 7.09. The van der Waals surface area contributed by atoms with Gasteiger partial charge in [0.15, 0.2) is 5.13 Å². The second kappa shape index (κ2) is 13.3. The molecule has 0 atom stereocenters. The number of anilines is 3. The number of ether oxygens (including phenoxy) is 1. The van der Waals surface area contributed by atoms with E-state index in [1.807, 2.05) is 48.5 Å². The number of para-hydroxylation sites is 1. The first kappa shape index (κ1) is 29.9. The Balaban J connectivity index is 1.08. The number of nitrogens with one attached hydrogen (secondary N) is 2. The first-order valence-corrected chi connectivity index (χ1v) is 15.8. The van der Waals surface area contributed by atoms with Gasteiger partial charge < -0.3 is 10.1 Å². The Morgan fingerprint density at radius 2 is 1.80 bits per heavy atom. The summed E-state index contributed by atoms with van der Waals surface area (Å²) in [4.78, 5) is 40.7. The van der Waals surface area contributed by atoms with Crippen LogP contribution in [0.25, 0.3) is 16.1 Å². The minimum Gasteiger partial charge on any atom is -0.424 e. The van der Waals surface area contributed by atoms with Crippen molar-refractivity contribution in [2.45, 2.75) is 46.5 Å². The normalized spacial score (nSPS) is 13.0. The van der Waals surface area contributed by atoms with Gasteiger partial charge in [-0.25, -0.2) is 24.4 Å². The highest BCUT2D eigenvalue weighted by molar-refractivity contribution is 7.19. The van der Waals surface area contributed by atoms with Crippen molar-refractivity contribution in [3.05, 3.63) is 84.4 Å². The maximum Gasteiger partial charge on any atom is 0.324 e. The van der Waals surface area contributed by atoms with Gasteiger partial charge in [0.2, 0.25) is 5.91 Å². The minimum absolute atomic E-state index is 0.123. The van der Waals surface area contributed by atoms with Gasteiger partial charge in [-0.05, 0) is 66.6 Å². The van der Waals surface area contributed by atoms with Crippen molar-refractivity contribution in [2.24, 2.45) is 5.92 Å². The molecule has 1 aliphatic heterocycles. The first-order valence-electron chi connectivity index (χ1n) is 15.0. The van der Waals surface area contributed by atoms with Gasteiger partial charge in [-0.2, -0.15) is 5.10 Å². The van der Waals surface area contributed by atoms with E-state index in [4.69, 9.17) is 9.84 Å². The molecule has 6 rings (SSSR count). The van der Waals surface area contributed by atoms with Crippen LogP contribution < -0.4 is 20.3 Å². The third kappa shape index (κ3) is 7.01. The number of carbonyl (C=O) groups is 2. The molecule has 0 bridgehead atoms. The zero-order valence-corrected chi connectivity index (χ0v) is 26.2. The largest absolute Gasteiger partial charge is 0.424 e. The van der Waals surface area contributed by atoms with E-state index in [0.717, 1.165) is 58.3 Å². The molecule has 1 saturated heterocycles. The Morgan fingerprint density at radius 1 is 1.02 bits per heavy atom. The van der Waals surface area contributed by atoms with Crippen molar-refractivity contribution in [3.63, 3.8) is 0 Å². The number of carbonyl (C=O) groups excluding carboxylic acids is 2. The molecular formula is C33H34N8O3S. The first-order chi connectivity index (χ1) is 21.9. The van der Waals surface area contributed by atoms with E-state index in [2.05, 4.69) is 52.4 Å². The fraction of sp³-hybridized carbons (Fsp3) is 0.273. The van der Waals surface area contributed by atoms with Crippen LogP contribution in [0.4, 0.5) is 21.4 Å². The van der Waals surface area contributed by atoms with Crippen molar-refractivity contribution in [2.75, 3.05) is 22.1 Å². The van der Waals surface area contributed by atoms with Crippen molar-refractivity contribution >= 4 is 39.9 Å². The lowest BCUT2D eigenvalue weighted by Gasteiger charge is -2.13. The zero-order chi connectivity index (χ0) is 31.3. The monoisotopic (exact) mass is 622 g/mol. The number of hydrogen-bond donors (Lipinski definition) is 2. The van der Waals surface area contributed by atoms with Crippen LogP contribution in [0.3, 0.4) is 0 Å². The molecule has 1 aliphatic rings. The van der Waals surface area contributed by atoms with Crippen LogP contribution in [0.2, 0.25) is 0 Å². The van der Waals surface area contributed by atoms with Gasteiger partial charge in [-0.3, -0.25) is 15.0 Å². The van der Waals surface area contributed by atoms with E-state index in [9.17, 15) is 9.59 Å². The molecule has 5 aromatic rings.